The van der Waals surface area contributed by atoms with Crippen LogP contribution in [-0.4, -0.2) is 21.9 Å². The zero-order valence-corrected chi connectivity index (χ0v) is 11.2. The van der Waals surface area contributed by atoms with Crippen LogP contribution in [0, 0.1) is 5.92 Å². The molecule has 1 heterocycles. The second-order valence-corrected chi connectivity index (χ2v) is 6.89. The summed E-state index contributed by atoms with van der Waals surface area (Å²) in [5, 5.41) is 10.9. The summed E-state index contributed by atoms with van der Waals surface area (Å²) in [6.45, 7) is 8.56. The molecule has 0 amide bonds. The first kappa shape index (κ1) is 12.4. The molecule has 1 unspecified atom stereocenters. The van der Waals surface area contributed by atoms with Gasteiger partial charge in [0.15, 0.2) is 0 Å². The maximum atomic E-state index is 10.9. The van der Waals surface area contributed by atoms with Crippen molar-refractivity contribution in [3.05, 3.63) is 0 Å². The third-order valence-corrected chi connectivity index (χ3v) is 4.44. The van der Waals surface area contributed by atoms with Crippen molar-refractivity contribution in [2.45, 2.75) is 83.0 Å². The second-order valence-electron chi connectivity index (χ2n) is 6.89. The van der Waals surface area contributed by atoms with Crippen LogP contribution in [-0.2, 0) is 4.74 Å². The fourth-order valence-corrected chi connectivity index (χ4v) is 3.91. The van der Waals surface area contributed by atoms with E-state index in [1.165, 1.54) is 19.3 Å². The average molecular weight is 226 g/mol. The molecule has 0 bridgehead atoms. The minimum Gasteiger partial charge on any atom is -0.389 e. The molecule has 0 aromatic heterocycles. The van der Waals surface area contributed by atoms with Gasteiger partial charge in [0.25, 0.3) is 0 Å². The Bertz CT molecular complexity index is 262. The lowest BCUT2D eigenvalue weighted by molar-refractivity contribution is -0.123. The van der Waals surface area contributed by atoms with Crippen molar-refractivity contribution in [1.29, 1.82) is 0 Å². The van der Waals surface area contributed by atoms with Gasteiger partial charge < -0.3 is 9.84 Å². The molecule has 2 rings (SSSR count). The molecule has 0 radical (unpaired) electrons. The highest BCUT2D eigenvalue weighted by Gasteiger charge is 2.54. The maximum absolute atomic E-state index is 10.9. The van der Waals surface area contributed by atoms with Crippen molar-refractivity contribution in [1.82, 2.24) is 0 Å². The Balaban J connectivity index is 2.19. The van der Waals surface area contributed by atoms with Gasteiger partial charge in [0.05, 0.1) is 16.8 Å². The minimum atomic E-state index is -0.477. The van der Waals surface area contributed by atoms with Crippen LogP contribution < -0.4 is 0 Å². The SMILES string of the molecule is CC1(C)CC(C2(O)CCCCC2)C(C)(C)O1. The van der Waals surface area contributed by atoms with E-state index in [1.807, 2.05) is 0 Å². The van der Waals surface area contributed by atoms with E-state index in [1.54, 1.807) is 0 Å². The van der Waals surface area contributed by atoms with E-state index in [4.69, 9.17) is 4.74 Å². The molecule has 1 N–H and O–H groups in total. The Kier molecular flexibility index (Phi) is 2.87. The molecule has 2 fully saturated rings. The summed E-state index contributed by atoms with van der Waals surface area (Å²) < 4.78 is 6.11. The molecule has 2 nitrogen and oxygen atoms in total. The predicted molar refractivity (Wildman–Crippen MR) is 65.4 cm³/mol. The molecule has 1 aliphatic heterocycles. The van der Waals surface area contributed by atoms with Gasteiger partial charge in [-0.05, 0) is 47.0 Å². The maximum Gasteiger partial charge on any atom is 0.0704 e. The van der Waals surface area contributed by atoms with Gasteiger partial charge in [0.1, 0.15) is 0 Å². The van der Waals surface area contributed by atoms with Crippen LogP contribution in [0.4, 0.5) is 0 Å². The van der Waals surface area contributed by atoms with Gasteiger partial charge in [-0.2, -0.15) is 0 Å². The number of rotatable bonds is 1. The van der Waals surface area contributed by atoms with E-state index >= 15 is 0 Å². The van der Waals surface area contributed by atoms with Crippen LogP contribution in [0.5, 0.6) is 0 Å². The summed E-state index contributed by atoms with van der Waals surface area (Å²) in [7, 11) is 0. The van der Waals surface area contributed by atoms with Crippen LogP contribution in [0.2, 0.25) is 0 Å². The third kappa shape index (κ3) is 2.14. The summed E-state index contributed by atoms with van der Waals surface area (Å²) in [6.07, 6.45) is 6.52. The Morgan fingerprint density at radius 2 is 1.56 bits per heavy atom. The van der Waals surface area contributed by atoms with Crippen LogP contribution >= 0.6 is 0 Å². The largest absolute Gasteiger partial charge is 0.389 e. The molecule has 1 aliphatic carbocycles. The third-order valence-electron chi connectivity index (χ3n) is 4.44. The molecule has 94 valence electrons. The highest BCUT2D eigenvalue weighted by molar-refractivity contribution is 5.04. The molecule has 16 heavy (non-hydrogen) atoms. The van der Waals surface area contributed by atoms with Crippen LogP contribution in [0.15, 0.2) is 0 Å². The first-order valence-corrected chi connectivity index (χ1v) is 6.68. The first-order chi connectivity index (χ1) is 7.25. The van der Waals surface area contributed by atoms with Crippen molar-refractivity contribution in [3.63, 3.8) is 0 Å². The normalized spacial score (nSPS) is 36.2. The highest BCUT2D eigenvalue weighted by atomic mass is 16.5. The van der Waals surface area contributed by atoms with Gasteiger partial charge >= 0.3 is 0 Å². The van der Waals surface area contributed by atoms with Gasteiger partial charge in [0.2, 0.25) is 0 Å². The summed E-state index contributed by atoms with van der Waals surface area (Å²) in [4.78, 5) is 0. The highest BCUT2D eigenvalue weighted by Crippen LogP contribution is 2.50. The topological polar surface area (TPSA) is 29.5 Å². The van der Waals surface area contributed by atoms with Gasteiger partial charge in [-0.1, -0.05) is 19.3 Å². The monoisotopic (exact) mass is 226 g/mol. The van der Waals surface area contributed by atoms with E-state index in [0.717, 1.165) is 19.3 Å². The van der Waals surface area contributed by atoms with Crippen molar-refractivity contribution in [2.75, 3.05) is 0 Å². The molecule has 1 atom stereocenters. The number of hydrogen-bond acceptors (Lipinski definition) is 2. The van der Waals surface area contributed by atoms with Gasteiger partial charge in [-0.25, -0.2) is 0 Å². The van der Waals surface area contributed by atoms with Crippen molar-refractivity contribution in [3.8, 4) is 0 Å². The first-order valence-electron chi connectivity index (χ1n) is 6.68. The Labute approximate surface area is 99.4 Å². The zero-order valence-electron chi connectivity index (χ0n) is 11.2. The predicted octanol–water partition coefficient (Wildman–Crippen LogP) is 3.28. The molecular weight excluding hydrogens is 200 g/mol. The van der Waals surface area contributed by atoms with Crippen LogP contribution in [0.25, 0.3) is 0 Å². The Morgan fingerprint density at radius 3 is 2.00 bits per heavy atom. The summed E-state index contributed by atoms with van der Waals surface area (Å²) in [5.41, 5.74) is -0.744. The second kappa shape index (κ2) is 3.71. The quantitative estimate of drug-likeness (QED) is 0.743. The van der Waals surface area contributed by atoms with E-state index < -0.39 is 5.60 Å². The molecule has 0 aromatic carbocycles. The average Bonchev–Trinajstić information content (AvgIpc) is 2.36. The van der Waals surface area contributed by atoms with Gasteiger partial charge in [0, 0.05) is 5.92 Å². The molecule has 0 aromatic rings. The zero-order chi connectivity index (χ0) is 12.0. The summed E-state index contributed by atoms with van der Waals surface area (Å²) in [6, 6.07) is 0. The number of hydrogen-bond donors (Lipinski definition) is 1. The van der Waals surface area contributed by atoms with E-state index in [2.05, 4.69) is 27.7 Å². The molecule has 1 saturated heterocycles. The van der Waals surface area contributed by atoms with Gasteiger partial charge in [-0.3, -0.25) is 0 Å². The van der Waals surface area contributed by atoms with E-state index in [9.17, 15) is 5.11 Å². The van der Waals surface area contributed by atoms with Crippen LogP contribution in [0.1, 0.15) is 66.2 Å². The van der Waals surface area contributed by atoms with Crippen molar-refractivity contribution in [2.24, 2.45) is 5.92 Å². The lowest BCUT2D eigenvalue weighted by atomic mass is 9.68. The number of aliphatic hydroxyl groups is 1. The fraction of sp³-hybridized carbons (Fsp3) is 1.00. The van der Waals surface area contributed by atoms with Crippen LogP contribution in [0.3, 0.4) is 0 Å². The Morgan fingerprint density at radius 1 is 1.00 bits per heavy atom. The molecular formula is C14H26O2. The van der Waals surface area contributed by atoms with Gasteiger partial charge in [-0.15, -0.1) is 0 Å². The smallest absolute Gasteiger partial charge is 0.0704 e. The number of ether oxygens (including phenoxy) is 1. The lowest BCUT2D eigenvalue weighted by Crippen LogP contribution is -2.47. The van der Waals surface area contributed by atoms with E-state index in [-0.39, 0.29) is 17.1 Å². The lowest BCUT2D eigenvalue weighted by Gasteiger charge is -2.42. The minimum absolute atomic E-state index is 0.0820. The fourth-order valence-electron chi connectivity index (χ4n) is 3.91. The molecule has 0 spiro atoms. The molecule has 2 heteroatoms. The summed E-state index contributed by atoms with van der Waals surface area (Å²) in [5.74, 6) is 0.287. The summed E-state index contributed by atoms with van der Waals surface area (Å²) >= 11 is 0. The van der Waals surface area contributed by atoms with Crippen molar-refractivity contribution >= 4 is 0 Å². The molecule has 1 saturated carbocycles. The Hall–Kier alpha value is -0.0800. The standard InChI is InChI=1S/C14H26O2/c1-12(2)10-11(13(3,4)16-12)14(15)8-6-5-7-9-14/h11,15H,5-10H2,1-4H3. The van der Waals surface area contributed by atoms with Crippen molar-refractivity contribution < 1.29 is 9.84 Å². The van der Waals surface area contributed by atoms with E-state index in [0.29, 0.717) is 0 Å². The molecule has 2 aliphatic rings.